The molecule has 1 aliphatic heterocycles. The Morgan fingerprint density at radius 1 is 1.62 bits per heavy atom. The molecule has 0 bridgehead atoms. The highest BCUT2D eigenvalue weighted by Gasteiger charge is 2.23. The van der Waals surface area contributed by atoms with Crippen LogP contribution in [0.2, 0.25) is 0 Å². The number of thioether (sulfide) groups is 1. The molecule has 0 saturated heterocycles. The summed E-state index contributed by atoms with van der Waals surface area (Å²) in [5, 5.41) is 0. The van der Waals surface area contributed by atoms with Gasteiger partial charge in [0.15, 0.2) is 5.78 Å². The minimum Gasteiger partial charge on any atom is -0.311 e. The first-order valence-electron chi connectivity index (χ1n) is 4.99. The molecule has 16 heavy (non-hydrogen) atoms. The van der Waals surface area contributed by atoms with Gasteiger partial charge in [0, 0.05) is 17.0 Å². The molecular formula is C12H13NOS2. The van der Waals surface area contributed by atoms with Crippen LogP contribution in [0.5, 0.6) is 0 Å². The van der Waals surface area contributed by atoms with E-state index in [0.29, 0.717) is 5.75 Å². The van der Waals surface area contributed by atoms with Gasteiger partial charge in [-0.1, -0.05) is 6.08 Å². The van der Waals surface area contributed by atoms with E-state index in [1.165, 1.54) is 0 Å². The van der Waals surface area contributed by atoms with Crippen LogP contribution in [-0.4, -0.2) is 24.3 Å². The minimum atomic E-state index is 0.219. The monoisotopic (exact) mass is 251 g/mol. The first-order valence-corrected chi connectivity index (χ1v) is 7.15. The average Bonchev–Trinajstić information content (AvgIpc) is 2.33. The third kappa shape index (κ3) is 2.13. The Labute approximate surface area is 104 Å². The number of Topliss-reactive ketones (excluding diaryl/α,β-unsaturated/α-hetero) is 1. The lowest BCUT2D eigenvalue weighted by Gasteiger charge is -2.28. The molecular weight excluding hydrogens is 238 g/mol. The molecule has 0 radical (unpaired) electrons. The number of nitrogens with zero attached hydrogens (tertiary/aromatic N) is 1. The van der Waals surface area contributed by atoms with Gasteiger partial charge < -0.3 is 4.31 Å². The molecule has 84 valence electrons. The Bertz CT molecular complexity index is 431. The number of ketones is 1. The van der Waals surface area contributed by atoms with Crippen LogP contribution in [0, 0.1) is 0 Å². The second-order valence-electron chi connectivity index (χ2n) is 3.43. The molecule has 2 nitrogen and oxygen atoms in total. The Hall–Kier alpha value is -0.870. The highest BCUT2D eigenvalue weighted by Crippen LogP contribution is 2.34. The van der Waals surface area contributed by atoms with Gasteiger partial charge in [-0.25, -0.2) is 0 Å². The van der Waals surface area contributed by atoms with Crippen molar-refractivity contribution in [3.63, 3.8) is 0 Å². The summed E-state index contributed by atoms with van der Waals surface area (Å²) in [4.78, 5) is 13.0. The summed E-state index contributed by atoms with van der Waals surface area (Å²) in [6.45, 7) is 4.50. The fourth-order valence-electron chi connectivity index (χ4n) is 1.64. The molecule has 1 aromatic carbocycles. The van der Waals surface area contributed by atoms with E-state index in [0.717, 1.165) is 22.7 Å². The highest BCUT2D eigenvalue weighted by atomic mass is 32.2. The summed E-state index contributed by atoms with van der Waals surface area (Å²) in [6, 6.07) is 6.06. The predicted molar refractivity (Wildman–Crippen MR) is 72.6 cm³/mol. The quantitative estimate of drug-likeness (QED) is 0.466. The van der Waals surface area contributed by atoms with Gasteiger partial charge in [-0.3, -0.25) is 4.79 Å². The summed E-state index contributed by atoms with van der Waals surface area (Å²) in [5.41, 5.74) is 1.85. The topological polar surface area (TPSA) is 20.3 Å². The summed E-state index contributed by atoms with van der Waals surface area (Å²) in [7, 11) is 0. The highest BCUT2D eigenvalue weighted by molar-refractivity contribution is 8.01. The van der Waals surface area contributed by atoms with Crippen molar-refractivity contribution in [1.82, 2.24) is 0 Å². The molecule has 0 amide bonds. The predicted octanol–water partition coefficient (Wildman–Crippen LogP) is 3.25. The third-order valence-electron chi connectivity index (χ3n) is 2.42. The maximum absolute atomic E-state index is 11.8. The number of hydrogen-bond acceptors (Lipinski definition) is 4. The molecule has 0 saturated carbocycles. The van der Waals surface area contributed by atoms with Crippen LogP contribution in [0.3, 0.4) is 0 Å². The van der Waals surface area contributed by atoms with E-state index < -0.39 is 0 Å². The Morgan fingerprint density at radius 3 is 3.12 bits per heavy atom. The molecule has 0 spiro atoms. The molecule has 0 unspecified atom stereocenters. The third-order valence-corrected chi connectivity index (χ3v) is 4.19. The van der Waals surface area contributed by atoms with Gasteiger partial charge in [0.05, 0.1) is 11.4 Å². The molecule has 4 heteroatoms. The van der Waals surface area contributed by atoms with E-state index in [1.807, 2.05) is 24.5 Å². The van der Waals surface area contributed by atoms with Gasteiger partial charge in [0.1, 0.15) is 0 Å². The van der Waals surface area contributed by atoms with E-state index in [4.69, 9.17) is 0 Å². The fraction of sp³-hybridized carbons (Fsp3) is 0.250. The largest absolute Gasteiger partial charge is 0.311 e. The van der Waals surface area contributed by atoms with Crippen molar-refractivity contribution >= 4 is 35.2 Å². The molecule has 2 rings (SSSR count). The lowest BCUT2D eigenvalue weighted by Crippen LogP contribution is -2.25. The number of carbonyl (C=O) groups excluding carboxylic acids is 1. The van der Waals surface area contributed by atoms with Crippen LogP contribution >= 0.6 is 23.7 Å². The lowest BCUT2D eigenvalue weighted by atomic mass is 10.1. The van der Waals surface area contributed by atoms with Gasteiger partial charge in [-0.2, -0.15) is 0 Å². The molecule has 0 fully saturated rings. The fourth-order valence-corrected chi connectivity index (χ4v) is 3.01. The smallest absolute Gasteiger partial charge is 0.176 e. The van der Waals surface area contributed by atoms with Crippen molar-refractivity contribution in [2.75, 3.05) is 22.9 Å². The second-order valence-corrected chi connectivity index (χ2v) is 5.30. The molecule has 1 aliphatic rings. The zero-order valence-corrected chi connectivity index (χ0v) is 10.7. The van der Waals surface area contributed by atoms with Crippen LogP contribution in [0.4, 0.5) is 5.69 Å². The van der Waals surface area contributed by atoms with Crippen molar-refractivity contribution in [2.24, 2.45) is 0 Å². The van der Waals surface area contributed by atoms with Crippen molar-refractivity contribution < 1.29 is 4.79 Å². The second kappa shape index (κ2) is 4.97. The zero-order valence-electron chi connectivity index (χ0n) is 9.10. The maximum atomic E-state index is 11.8. The lowest BCUT2D eigenvalue weighted by molar-refractivity contribution is 0.102. The zero-order chi connectivity index (χ0) is 11.5. The number of carbonyl (C=O) groups is 1. The standard InChI is InChI=1S/C12H13NOS2/c1-3-6-13-11-5-4-9(15-2)7-10(11)12(14)8-16-13/h3-5,7H,1,6,8H2,2H3. The molecule has 1 heterocycles. The van der Waals surface area contributed by atoms with Gasteiger partial charge in [-0.15, -0.1) is 18.3 Å². The number of hydrogen-bond donors (Lipinski definition) is 0. The first-order chi connectivity index (χ1) is 7.76. The van der Waals surface area contributed by atoms with E-state index in [9.17, 15) is 4.79 Å². The molecule has 0 atom stereocenters. The van der Waals surface area contributed by atoms with Crippen LogP contribution < -0.4 is 4.31 Å². The van der Waals surface area contributed by atoms with Crippen LogP contribution in [-0.2, 0) is 0 Å². The number of rotatable bonds is 3. The summed E-state index contributed by atoms with van der Waals surface area (Å²) in [5.74, 6) is 0.745. The van der Waals surface area contributed by atoms with E-state index in [-0.39, 0.29) is 5.78 Å². The number of benzene rings is 1. The molecule has 1 aromatic rings. The SMILES string of the molecule is C=CCN1SCC(=O)c2cc(SC)ccc21. The number of fused-ring (bicyclic) bond motifs is 1. The Kier molecular flexibility index (Phi) is 3.61. The Morgan fingerprint density at radius 2 is 2.44 bits per heavy atom. The van der Waals surface area contributed by atoms with Crippen LogP contribution in [0.1, 0.15) is 10.4 Å². The summed E-state index contributed by atoms with van der Waals surface area (Å²) in [6.07, 6.45) is 3.88. The van der Waals surface area contributed by atoms with E-state index >= 15 is 0 Å². The molecule has 0 aromatic heterocycles. The van der Waals surface area contributed by atoms with Gasteiger partial charge >= 0.3 is 0 Å². The number of anilines is 1. The normalized spacial score (nSPS) is 14.8. The maximum Gasteiger partial charge on any atom is 0.176 e. The van der Waals surface area contributed by atoms with Crippen molar-refractivity contribution in [3.05, 3.63) is 36.4 Å². The van der Waals surface area contributed by atoms with Crippen molar-refractivity contribution in [1.29, 1.82) is 0 Å². The minimum absolute atomic E-state index is 0.219. The van der Waals surface area contributed by atoms with Gasteiger partial charge in [0.2, 0.25) is 0 Å². The van der Waals surface area contributed by atoms with Gasteiger partial charge in [0.25, 0.3) is 0 Å². The van der Waals surface area contributed by atoms with Gasteiger partial charge in [-0.05, 0) is 36.4 Å². The molecule has 0 aliphatic carbocycles. The summed E-state index contributed by atoms with van der Waals surface area (Å²) < 4.78 is 2.12. The van der Waals surface area contributed by atoms with E-state index in [1.54, 1.807) is 23.7 Å². The van der Waals surface area contributed by atoms with E-state index in [2.05, 4.69) is 17.0 Å². The first kappa shape index (κ1) is 11.6. The average molecular weight is 251 g/mol. The summed E-state index contributed by atoms with van der Waals surface area (Å²) >= 11 is 3.22. The van der Waals surface area contributed by atoms with Crippen LogP contribution in [0.15, 0.2) is 35.7 Å². The Balaban J connectivity index is 2.42. The van der Waals surface area contributed by atoms with Crippen molar-refractivity contribution in [2.45, 2.75) is 4.90 Å². The van der Waals surface area contributed by atoms with Crippen LogP contribution in [0.25, 0.3) is 0 Å². The molecule has 0 N–H and O–H groups in total. The van der Waals surface area contributed by atoms with Crippen molar-refractivity contribution in [3.8, 4) is 0 Å².